The van der Waals surface area contributed by atoms with Gasteiger partial charge in [0.05, 0.1) is 0 Å². The zero-order valence-corrected chi connectivity index (χ0v) is 18.8. The second-order valence-electron chi connectivity index (χ2n) is 8.05. The highest BCUT2D eigenvalue weighted by atomic mass is 79.9. The van der Waals surface area contributed by atoms with E-state index in [1.807, 2.05) is 13.8 Å². The zero-order valence-electron chi connectivity index (χ0n) is 17.3. The van der Waals surface area contributed by atoms with Crippen LogP contribution >= 0.6 is 15.9 Å². The number of carbonyl (C=O) groups excluding carboxylic acids is 3. The molecule has 3 N–H and O–H groups in total. The number of carbonyl (C=O) groups is 3. The van der Waals surface area contributed by atoms with Gasteiger partial charge in [-0.3, -0.25) is 4.79 Å². The molecule has 0 aliphatic carbocycles. The van der Waals surface area contributed by atoms with Crippen LogP contribution in [0.3, 0.4) is 0 Å². The summed E-state index contributed by atoms with van der Waals surface area (Å²) in [5.74, 6) is -0.790. The number of ether oxygens (including phenoxy) is 1. The van der Waals surface area contributed by atoms with Crippen LogP contribution in [0.2, 0.25) is 0 Å². The number of esters is 1. The van der Waals surface area contributed by atoms with E-state index in [-0.39, 0.29) is 5.92 Å². The molecule has 156 valence electrons. The van der Waals surface area contributed by atoms with Crippen molar-refractivity contribution in [3.63, 3.8) is 0 Å². The highest BCUT2D eigenvalue weighted by Gasteiger charge is 2.27. The number of amides is 3. The number of halogens is 1. The summed E-state index contributed by atoms with van der Waals surface area (Å²) in [4.78, 5) is 37.0. The van der Waals surface area contributed by atoms with E-state index in [2.05, 4.69) is 31.9 Å². The lowest BCUT2D eigenvalue weighted by Gasteiger charge is -2.25. The Balaban J connectivity index is 2.72. The number of benzene rings is 1. The van der Waals surface area contributed by atoms with Crippen LogP contribution in [0.4, 0.5) is 10.5 Å². The molecule has 0 saturated heterocycles. The fourth-order valence-corrected chi connectivity index (χ4v) is 2.59. The van der Waals surface area contributed by atoms with Crippen molar-refractivity contribution in [1.82, 2.24) is 10.6 Å². The largest absolute Gasteiger partial charge is 0.458 e. The van der Waals surface area contributed by atoms with Gasteiger partial charge < -0.3 is 20.7 Å². The van der Waals surface area contributed by atoms with Gasteiger partial charge in [0.1, 0.15) is 17.7 Å². The van der Waals surface area contributed by atoms with Gasteiger partial charge in [0.25, 0.3) is 0 Å². The molecule has 0 bridgehead atoms. The van der Waals surface area contributed by atoms with E-state index in [1.54, 1.807) is 52.0 Å². The monoisotopic (exact) mass is 455 g/mol. The molecular formula is C20H30BrN3O4. The molecule has 1 rings (SSSR count). The van der Waals surface area contributed by atoms with Crippen LogP contribution in [-0.2, 0) is 14.3 Å². The predicted octanol–water partition coefficient (Wildman–Crippen LogP) is 3.83. The van der Waals surface area contributed by atoms with Crippen LogP contribution < -0.4 is 16.0 Å². The Morgan fingerprint density at radius 2 is 1.61 bits per heavy atom. The first-order valence-corrected chi connectivity index (χ1v) is 10.0. The Kier molecular flexibility index (Phi) is 8.94. The molecule has 1 aromatic rings. The summed E-state index contributed by atoms with van der Waals surface area (Å²) >= 11 is 3.33. The molecule has 0 fully saturated rings. The highest BCUT2D eigenvalue weighted by molar-refractivity contribution is 9.10. The molecule has 0 unspecified atom stereocenters. The van der Waals surface area contributed by atoms with Gasteiger partial charge in [0.2, 0.25) is 5.91 Å². The average Bonchev–Trinajstić information content (AvgIpc) is 2.54. The van der Waals surface area contributed by atoms with Crippen LogP contribution in [0.1, 0.15) is 48.0 Å². The second kappa shape index (κ2) is 10.5. The van der Waals surface area contributed by atoms with Crippen LogP contribution in [-0.4, -0.2) is 35.6 Å². The first-order chi connectivity index (χ1) is 12.9. The third kappa shape index (κ3) is 9.21. The summed E-state index contributed by atoms with van der Waals surface area (Å²) < 4.78 is 6.17. The molecule has 1 aromatic carbocycles. The van der Waals surface area contributed by atoms with Gasteiger partial charge in [-0.15, -0.1) is 0 Å². The quantitative estimate of drug-likeness (QED) is 0.544. The van der Waals surface area contributed by atoms with E-state index in [1.165, 1.54) is 0 Å². The zero-order chi connectivity index (χ0) is 21.5. The summed E-state index contributed by atoms with van der Waals surface area (Å²) in [6.07, 6.45) is 0.431. The normalized spacial score (nSPS) is 13.4. The molecular weight excluding hydrogens is 426 g/mol. The molecule has 0 heterocycles. The number of urea groups is 1. The van der Waals surface area contributed by atoms with Crippen LogP contribution in [0, 0.1) is 5.92 Å². The van der Waals surface area contributed by atoms with Crippen LogP contribution in [0.5, 0.6) is 0 Å². The minimum atomic E-state index is -0.822. The summed E-state index contributed by atoms with van der Waals surface area (Å²) in [5.41, 5.74) is -0.0394. The second-order valence-corrected chi connectivity index (χ2v) is 8.97. The van der Waals surface area contributed by atoms with Crippen molar-refractivity contribution in [3.05, 3.63) is 28.7 Å². The van der Waals surface area contributed by atoms with Crippen molar-refractivity contribution in [2.24, 2.45) is 5.92 Å². The van der Waals surface area contributed by atoms with Crippen molar-refractivity contribution in [2.75, 3.05) is 5.32 Å². The first-order valence-electron chi connectivity index (χ1n) is 9.23. The van der Waals surface area contributed by atoms with Crippen molar-refractivity contribution in [3.8, 4) is 0 Å². The lowest BCUT2D eigenvalue weighted by atomic mass is 10.0. The highest BCUT2D eigenvalue weighted by Crippen LogP contribution is 2.14. The van der Waals surface area contributed by atoms with Gasteiger partial charge in [-0.1, -0.05) is 29.8 Å². The molecule has 0 aromatic heterocycles. The van der Waals surface area contributed by atoms with Crippen molar-refractivity contribution < 1.29 is 19.1 Å². The van der Waals surface area contributed by atoms with E-state index >= 15 is 0 Å². The molecule has 7 nitrogen and oxygen atoms in total. The van der Waals surface area contributed by atoms with E-state index in [0.717, 1.165) is 4.47 Å². The maximum Gasteiger partial charge on any atom is 0.328 e. The first kappa shape index (κ1) is 23.9. The van der Waals surface area contributed by atoms with Crippen molar-refractivity contribution in [2.45, 2.75) is 65.6 Å². The van der Waals surface area contributed by atoms with E-state index in [0.29, 0.717) is 12.1 Å². The number of hydrogen-bond donors (Lipinski definition) is 3. The molecule has 0 aliphatic heterocycles. The lowest BCUT2D eigenvalue weighted by molar-refractivity contribution is -0.158. The van der Waals surface area contributed by atoms with Crippen molar-refractivity contribution in [1.29, 1.82) is 0 Å². The number of anilines is 1. The van der Waals surface area contributed by atoms with Gasteiger partial charge in [0, 0.05) is 10.2 Å². The summed E-state index contributed by atoms with van der Waals surface area (Å²) in [7, 11) is 0. The topological polar surface area (TPSA) is 96.5 Å². The molecule has 0 aliphatic rings. The molecule has 28 heavy (non-hydrogen) atoms. The Bertz CT molecular complexity index is 684. The Hall–Kier alpha value is -2.09. The third-order valence-electron chi connectivity index (χ3n) is 3.55. The van der Waals surface area contributed by atoms with E-state index < -0.39 is 35.6 Å². The van der Waals surface area contributed by atoms with Gasteiger partial charge in [-0.2, -0.15) is 0 Å². The Labute approximate surface area is 175 Å². The Morgan fingerprint density at radius 1 is 1.04 bits per heavy atom. The number of nitrogens with one attached hydrogen (secondary N) is 3. The molecule has 2 atom stereocenters. The fourth-order valence-electron chi connectivity index (χ4n) is 2.32. The predicted molar refractivity (Wildman–Crippen MR) is 113 cm³/mol. The van der Waals surface area contributed by atoms with Gasteiger partial charge in [-0.25, -0.2) is 9.59 Å². The third-order valence-corrected chi connectivity index (χ3v) is 4.08. The number of rotatable bonds is 7. The smallest absolute Gasteiger partial charge is 0.328 e. The van der Waals surface area contributed by atoms with Crippen LogP contribution in [0.15, 0.2) is 28.7 Å². The SMILES string of the molecule is CC(C)C[C@H](NC(=O)Nc1ccc(Br)cc1)C(=O)N[C@@H](C)C(=O)OC(C)(C)C. The van der Waals surface area contributed by atoms with E-state index in [4.69, 9.17) is 4.74 Å². The Morgan fingerprint density at radius 3 is 2.11 bits per heavy atom. The number of hydrogen-bond acceptors (Lipinski definition) is 4. The fraction of sp³-hybridized carbons (Fsp3) is 0.550. The van der Waals surface area contributed by atoms with Gasteiger partial charge >= 0.3 is 12.0 Å². The lowest BCUT2D eigenvalue weighted by Crippen LogP contribution is -2.52. The van der Waals surface area contributed by atoms with Crippen molar-refractivity contribution >= 4 is 39.5 Å². The summed E-state index contributed by atoms with van der Waals surface area (Å²) in [6.45, 7) is 10.7. The molecule has 8 heteroatoms. The molecule has 0 spiro atoms. The average molecular weight is 456 g/mol. The molecule has 3 amide bonds. The van der Waals surface area contributed by atoms with E-state index in [9.17, 15) is 14.4 Å². The summed E-state index contributed by atoms with van der Waals surface area (Å²) in [5, 5.41) is 7.99. The minimum Gasteiger partial charge on any atom is -0.458 e. The van der Waals surface area contributed by atoms with Gasteiger partial charge in [-0.05, 0) is 64.3 Å². The minimum absolute atomic E-state index is 0.167. The van der Waals surface area contributed by atoms with Crippen LogP contribution in [0.25, 0.3) is 0 Å². The van der Waals surface area contributed by atoms with Gasteiger partial charge in [0.15, 0.2) is 0 Å². The molecule has 0 radical (unpaired) electrons. The maximum absolute atomic E-state index is 12.6. The summed E-state index contributed by atoms with van der Waals surface area (Å²) in [6, 6.07) is 5.00. The molecule has 0 saturated carbocycles. The maximum atomic E-state index is 12.6. The standard InChI is InChI=1S/C20H30BrN3O4/c1-12(2)11-16(17(25)22-13(3)18(26)28-20(4,5)6)24-19(27)23-15-9-7-14(21)8-10-15/h7-10,12-13,16H,11H2,1-6H3,(H,22,25)(H2,23,24,27)/t13-,16-/m0/s1.